The molecule has 0 aliphatic rings. The molecule has 26 heavy (non-hydrogen) atoms. The molecule has 2 aromatic rings. The second-order valence-electron chi connectivity index (χ2n) is 5.44. The molecule has 0 saturated heterocycles. The number of carboxylic acids is 1. The quantitative estimate of drug-likeness (QED) is 0.634. The van der Waals surface area contributed by atoms with Gasteiger partial charge < -0.3 is 20.5 Å². The Morgan fingerprint density at radius 3 is 2.42 bits per heavy atom. The van der Waals surface area contributed by atoms with Crippen molar-refractivity contribution in [3.05, 3.63) is 59.7 Å². The summed E-state index contributed by atoms with van der Waals surface area (Å²) in [6, 6.07) is 13.5. The van der Waals surface area contributed by atoms with Gasteiger partial charge in [-0.15, -0.1) is 0 Å². The first-order valence-corrected chi connectivity index (χ1v) is 7.79. The third-order valence-electron chi connectivity index (χ3n) is 3.27. The van der Waals surface area contributed by atoms with Gasteiger partial charge in [-0.05, 0) is 30.2 Å². The Morgan fingerprint density at radius 1 is 1.00 bits per heavy atom. The molecule has 2 rings (SSSR count). The van der Waals surface area contributed by atoms with Crippen molar-refractivity contribution in [3.8, 4) is 0 Å². The Bertz CT molecular complexity index is 793. The number of ether oxygens (including phenoxy) is 1. The van der Waals surface area contributed by atoms with E-state index < -0.39 is 24.6 Å². The number of carbonyl (C=O) groups excluding carboxylic acids is 2. The summed E-state index contributed by atoms with van der Waals surface area (Å²) >= 11 is 0. The standard InChI is InChI=1S/C18H19N3O5/c1-12-7-8-14(15(9-12)20-17(24)19-10-16(22)23)21-18(25)26-11-13-5-3-2-4-6-13/h2-9H,10-11H2,1H3,(H,21,25)(H,22,23)(H2,19,20,24). The zero-order valence-corrected chi connectivity index (χ0v) is 14.1. The maximum Gasteiger partial charge on any atom is 0.412 e. The fourth-order valence-electron chi connectivity index (χ4n) is 2.06. The number of rotatable bonds is 6. The smallest absolute Gasteiger partial charge is 0.412 e. The molecule has 0 radical (unpaired) electrons. The van der Waals surface area contributed by atoms with Crippen LogP contribution in [0.4, 0.5) is 21.0 Å². The number of carboxylic acid groups (broad SMARTS) is 1. The Balaban J connectivity index is 1.98. The van der Waals surface area contributed by atoms with E-state index in [0.717, 1.165) is 11.1 Å². The maximum atomic E-state index is 12.0. The highest BCUT2D eigenvalue weighted by molar-refractivity contribution is 5.98. The van der Waals surface area contributed by atoms with Gasteiger partial charge in [0.05, 0.1) is 11.4 Å². The number of amides is 3. The summed E-state index contributed by atoms with van der Waals surface area (Å²) in [7, 11) is 0. The monoisotopic (exact) mass is 357 g/mol. The first-order valence-electron chi connectivity index (χ1n) is 7.79. The molecule has 0 saturated carbocycles. The van der Waals surface area contributed by atoms with E-state index >= 15 is 0 Å². The molecule has 0 heterocycles. The largest absolute Gasteiger partial charge is 0.480 e. The number of aryl methyl sites for hydroxylation is 1. The van der Waals surface area contributed by atoms with E-state index in [-0.39, 0.29) is 6.61 Å². The van der Waals surface area contributed by atoms with Gasteiger partial charge in [0.1, 0.15) is 13.2 Å². The molecule has 0 aliphatic heterocycles. The summed E-state index contributed by atoms with van der Waals surface area (Å²) in [5.74, 6) is -1.16. The number of nitrogens with one attached hydrogen (secondary N) is 3. The Hall–Kier alpha value is -3.55. The van der Waals surface area contributed by atoms with Gasteiger partial charge in [0.2, 0.25) is 0 Å². The van der Waals surface area contributed by atoms with Crippen LogP contribution in [0.25, 0.3) is 0 Å². The van der Waals surface area contributed by atoms with Crippen LogP contribution in [0, 0.1) is 6.92 Å². The third kappa shape index (κ3) is 6.16. The molecule has 0 atom stereocenters. The highest BCUT2D eigenvalue weighted by Gasteiger charge is 2.11. The Labute approximate surface area is 150 Å². The lowest BCUT2D eigenvalue weighted by atomic mass is 10.2. The fraction of sp³-hybridized carbons (Fsp3) is 0.167. The lowest BCUT2D eigenvalue weighted by Gasteiger charge is -2.13. The van der Waals surface area contributed by atoms with E-state index in [1.807, 2.05) is 37.3 Å². The molecule has 0 bridgehead atoms. The molecule has 8 heteroatoms. The van der Waals surface area contributed by atoms with E-state index in [1.54, 1.807) is 18.2 Å². The van der Waals surface area contributed by atoms with E-state index in [2.05, 4.69) is 16.0 Å². The maximum absolute atomic E-state index is 12.0. The number of anilines is 2. The third-order valence-corrected chi connectivity index (χ3v) is 3.27. The zero-order chi connectivity index (χ0) is 18.9. The number of hydrogen-bond acceptors (Lipinski definition) is 4. The predicted molar refractivity (Wildman–Crippen MR) is 96.1 cm³/mol. The molecule has 0 spiro atoms. The van der Waals surface area contributed by atoms with Crippen LogP contribution in [0.3, 0.4) is 0 Å². The second kappa shape index (κ2) is 9.07. The van der Waals surface area contributed by atoms with Crippen molar-refractivity contribution in [1.82, 2.24) is 5.32 Å². The van der Waals surface area contributed by atoms with Gasteiger partial charge in [0.15, 0.2) is 0 Å². The lowest BCUT2D eigenvalue weighted by Crippen LogP contribution is -2.33. The number of urea groups is 1. The number of hydrogen-bond donors (Lipinski definition) is 4. The van der Waals surface area contributed by atoms with Crippen LogP contribution >= 0.6 is 0 Å². The molecule has 4 N–H and O–H groups in total. The average molecular weight is 357 g/mol. The van der Waals surface area contributed by atoms with Gasteiger partial charge in [-0.1, -0.05) is 36.4 Å². The molecule has 0 aliphatic carbocycles. The first-order chi connectivity index (χ1) is 12.4. The molecule has 0 unspecified atom stereocenters. The Morgan fingerprint density at radius 2 is 1.73 bits per heavy atom. The summed E-state index contributed by atoms with van der Waals surface area (Å²) < 4.78 is 5.15. The van der Waals surface area contributed by atoms with E-state index in [1.165, 1.54) is 0 Å². The fourth-order valence-corrected chi connectivity index (χ4v) is 2.06. The molecule has 8 nitrogen and oxygen atoms in total. The van der Waals surface area contributed by atoms with E-state index in [4.69, 9.17) is 9.84 Å². The molecular weight excluding hydrogens is 338 g/mol. The van der Waals surface area contributed by atoms with Crippen molar-refractivity contribution in [1.29, 1.82) is 0 Å². The highest BCUT2D eigenvalue weighted by Crippen LogP contribution is 2.23. The van der Waals surface area contributed by atoms with Crippen LogP contribution < -0.4 is 16.0 Å². The lowest BCUT2D eigenvalue weighted by molar-refractivity contribution is -0.135. The van der Waals surface area contributed by atoms with Crippen LogP contribution in [0.2, 0.25) is 0 Å². The summed E-state index contributed by atoms with van der Waals surface area (Å²) in [5.41, 5.74) is 2.35. The van der Waals surface area contributed by atoms with Gasteiger partial charge in [-0.25, -0.2) is 9.59 Å². The molecule has 0 fully saturated rings. The van der Waals surface area contributed by atoms with Crippen molar-refractivity contribution >= 4 is 29.5 Å². The van der Waals surface area contributed by atoms with Crippen LogP contribution in [-0.4, -0.2) is 29.7 Å². The van der Waals surface area contributed by atoms with E-state index in [9.17, 15) is 14.4 Å². The van der Waals surface area contributed by atoms with Crippen molar-refractivity contribution in [3.63, 3.8) is 0 Å². The normalized spacial score (nSPS) is 9.88. The number of carbonyl (C=O) groups is 3. The minimum atomic E-state index is -1.16. The summed E-state index contributed by atoms with van der Waals surface area (Å²) in [5, 5.41) is 15.8. The van der Waals surface area contributed by atoms with E-state index in [0.29, 0.717) is 11.4 Å². The van der Waals surface area contributed by atoms with Crippen LogP contribution in [0.1, 0.15) is 11.1 Å². The SMILES string of the molecule is Cc1ccc(NC(=O)OCc2ccccc2)c(NC(=O)NCC(=O)O)c1. The van der Waals surface area contributed by atoms with Gasteiger partial charge in [-0.3, -0.25) is 10.1 Å². The second-order valence-corrected chi connectivity index (χ2v) is 5.44. The molecular formula is C18H19N3O5. The zero-order valence-electron chi connectivity index (χ0n) is 14.1. The molecule has 3 amide bonds. The summed E-state index contributed by atoms with van der Waals surface area (Å²) in [6.07, 6.45) is -0.674. The highest BCUT2D eigenvalue weighted by atomic mass is 16.5. The van der Waals surface area contributed by atoms with Crippen molar-refractivity contribution in [2.45, 2.75) is 13.5 Å². The van der Waals surface area contributed by atoms with Crippen molar-refractivity contribution < 1.29 is 24.2 Å². The summed E-state index contributed by atoms with van der Waals surface area (Å²) in [6.45, 7) is 1.41. The summed E-state index contributed by atoms with van der Waals surface area (Å²) in [4.78, 5) is 34.2. The average Bonchev–Trinajstić information content (AvgIpc) is 2.61. The van der Waals surface area contributed by atoms with Crippen LogP contribution in [0.5, 0.6) is 0 Å². The van der Waals surface area contributed by atoms with Gasteiger partial charge in [0, 0.05) is 0 Å². The van der Waals surface area contributed by atoms with Gasteiger partial charge in [-0.2, -0.15) is 0 Å². The van der Waals surface area contributed by atoms with Crippen molar-refractivity contribution in [2.24, 2.45) is 0 Å². The molecule has 2 aromatic carbocycles. The molecule has 136 valence electrons. The molecule has 0 aromatic heterocycles. The Kier molecular flexibility index (Phi) is 6.55. The van der Waals surface area contributed by atoms with Crippen LogP contribution in [-0.2, 0) is 16.1 Å². The predicted octanol–water partition coefficient (Wildman–Crippen LogP) is 2.95. The number of aliphatic carboxylic acids is 1. The van der Waals surface area contributed by atoms with Gasteiger partial charge >= 0.3 is 18.1 Å². The van der Waals surface area contributed by atoms with Crippen LogP contribution in [0.15, 0.2) is 48.5 Å². The first kappa shape index (κ1) is 18.8. The topological polar surface area (TPSA) is 117 Å². The minimum absolute atomic E-state index is 0.112. The minimum Gasteiger partial charge on any atom is -0.480 e. The van der Waals surface area contributed by atoms with Gasteiger partial charge in [0.25, 0.3) is 0 Å². The van der Waals surface area contributed by atoms with Crippen molar-refractivity contribution in [2.75, 3.05) is 17.2 Å². The number of benzene rings is 2.